The van der Waals surface area contributed by atoms with Crippen molar-refractivity contribution in [3.8, 4) is 0 Å². The molecule has 1 aromatic carbocycles. The molecule has 2 N–H and O–H groups in total. The number of nitrogens with zero attached hydrogens (tertiary/aromatic N) is 1. The maximum atomic E-state index is 11.8. The maximum absolute atomic E-state index is 11.8. The molecule has 5 heteroatoms. The number of urea groups is 1. The minimum absolute atomic E-state index is 0.234. The van der Waals surface area contributed by atoms with Gasteiger partial charge in [0.15, 0.2) is 0 Å². The fourth-order valence-electron chi connectivity index (χ4n) is 2.49. The smallest absolute Gasteiger partial charge is 0.321 e. The first-order valence-electron chi connectivity index (χ1n) is 7.58. The summed E-state index contributed by atoms with van der Waals surface area (Å²) in [6.45, 7) is 2.61. The lowest BCUT2D eigenvalue weighted by atomic mass is 10.2. The van der Waals surface area contributed by atoms with E-state index in [0.717, 1.165) is 31.5 Å². The molecule has 0 aromatic heterocycles. The molecule has 5 nitrogen and oxygen atoms in total. The lowest BCUT2D eigenvalue weighted by Gasteiger charge is -2.18. The van der Waals surface area contributed by atoms with Crippen LogP contribution in [0.5, 0.6) is 0 Å². The summed E-state index contributed by atoms with van der Waals surface area (Å²) in [7, 11) is 0. The van der Waals surface area contributed by atoms with E-state index in [0.29, 0.717) is 13.1 Å². The predicted octanol–water partition coefficient (Wildman–Crippen LogP) is 1.89. The van der Waals surface area contributed by atoms with E-state index in [1.165, 1.54) is 12.8 Å². The van der Waals surface area contributed by atoms with Gasteiger partial charge in [0.1, 0.15) is 0 Å². The van der Waals surface area contributed by atoms with Crippen molar-refractivity contribution in [2.45, 2.75) is 32.2 Å². The van der Waals surface area contributed by atoms with Crippen molar-refractivity contribution < 1.29 is 9.59 Å². The minimum Gasteiger partial charge on any atom is -0.334 e. The lowest BCUT2D eigenvalue weighted by molar-refractivity contribution is -0.121. The van der Waals surface area contributed by atoms with Crippen molar-refractivity contribution >= 4 is 11.9 Å². The number of hydrogen-bond donors (Lipinski definition) is 2. The van der Waals surface area contributed by atoms with Gasteiger partial charge in [-0.05, 0) is 31.5 Å². The molecule has 114 valence electrons. The summed E-state index contributed by atoms with van der Waals surface area (Å²) in [4.78, 5) is 25.6. The number of imide groups is 1. The Morgan fingerprint density at radius 2 is 1.67 bits per heavy atom. The molecule has 0 atom stereocenters. The molecule has 1 aromatic rings. The molecular formula is C16H23N3O2. The number of carbonyl (C=O) groups is 2. The Morgan fingerprint density at radius 1 is 1.00 bits per heavy atom. The normalized spacial score (nSPS) is 16.0. The molecule has 0 radical (unpaired) electrons. The van der Waals surface area contributed by atoms with Crippen LogP contribution in [-0.4, -0.2) is 36.5 Å². The molecule has 3 amide bonds. The van der Waals surface area contributed by atoms with Crippen LogP contribution in [0.4, 0.5) is 4.79 Å². The van der Waals surface area contributed by atoms with E-state index < -0.39 is 6.03 Å². The first-order valence-corrected chi connectivity index (χ1v) is 7.58. The highest BCUT2D eigenvalue weighted by molar-refractivity contribution is 5.95. The lowest BCUT2D eigenvalue weighted by Crippen LogP contribution is -2.44. The first kappa shape index (κ1) is 15.5. The fourth-order valence-corrected chi connectivity index (χ4v) is 2.49. The van der Waals surface area contributed by atoms with Crippen LogP contribution >= 0.6 is 0 Å². The van der Waals surface area contributed by atoms with Gasteiger partial charge < -0.3 is 5.32 Å². The number of hydrogen-bond acceptors (Lipinski definition) is 3. The Hall–Kier alpha value is -1.88. The van der Waals surface area contributed by atoms with E-state index in [4.69, 9.17) is 0 Å². The molecule has 0 saturated carbocycles. The summed E-state index contributed by atoms with van der Waals surface area (Å²) >= 11 is 0. The average Bonchev–Trinajstić information content (AvgIpc) is 2.75. The van der Waals surface area contributed by atoms with Gasteiger partial charge in [-0.2, -0.15) is 0 Å². The third kappa shape index (κ3) is 5.95. The Balaban J connectivity index is 1.68. The fraction of sp³-hybridized carbons (Fsp3) is 0.500. The van der Waals surface area contributed by atoms with Crippen LogP contribution in [0.3, 0.4) is 0 Å². The van der Waals surface area contributed by atoms with Crippen molar-refractivity contribution in [2.24, 2.45) is 0 Å². The molecule has 1 heterocycles. The Labute approximate surface area is 125 Å². The monoisotopic (exact) mass is 289 g/mol. The first-order chi connectivity index (χ1) is 10.2. The molecule has 1 aliphatic heterocycles. The summed E-state index contributed by atoms with van der Waals surface area (Å²) in [6, 6.07) is 9.19. The van der Waals surface area contributed by atoms with Gasteiger partial charge in [-0.15, -0.1) is 0 Å². The minimum atomic E-state index is -0.432. The standard InChI is InChI=1S/C16H23N3O2/c20-15(13-19-10-6-1-2-7-11-19)18-16(21)17-12-14-8-4-3-5-9-14/h3-5,8-9H,1-2,6-7,10-13H2,(H2,17,18,20,21). The molecule has 1 aliphatic rings. The van der Waals surface area contributed by atoms with Crippen LogP contribution in [0, 0.1) is 0 Å². The van der Waals surface area contributed by atoms with Crippen LogP contribution in [0.2, 0.25) is 0 Å². The summed E-state index contributed by atoms with van der Waals surface area (Å²) in [6.07, 6.45) is 4.73. The molecule has 0 unspecified atom stereocenters. The third-order valence-electron chi connectivity index (χ3n) is 3.61. The van der Waals surface area contributed by atoms with Crippen LogP contribution in [0.15, 0.2) is 30.3 Å². The van der Waals surface area contributed by atoms with Crippen LogP contribution in [-0.2, 0) is 11.3 Å². The van der Waals surface area contributed by atoms with Gasteiger partial charge in [0.25, 0.3) is 0 Å². The predicted molar refractivity (Wildman–Crippen MR) is 81.7 cm³/mol. The number of amides is 3. The van der Waals surface area contributed by atoms with E-state index in [1.54, 1.807) is 0 Å². The molecule has 1 fully saturated rings. The van der Waals surface area contributed by atoms with Crippen LogP contribution < -0.4 is 10.6 Å². The maximum Gasteiger partial charge on any atom is 0.321 e. The zero-order valence-corrected chi connectivity index (χ0v) is 12.3. The zero-order valence-electron chi connectivity index (χ0n) is 12.3. The van der Waals surface area contributed by atoms with E-state index in [2.05, 4.69) is 15.5 Å². The summed E-state index contributed by atoms with van der Waals surface area (Å²) in [5, 5.41) is 5.08. The summed E-state index contributed by atoms with van der Waals surface area (Å²) in [5.74, 6) is -0.234. The number of rotatable bonds is 4. The quantitative estimate of drug-likeness (QED) is 0.890. The van der Waals surface area contributed by atoms with Crippen molar-refractivity contribution in [3.05, 3.63) is 35.9 Å². The summed E-state index contributed by atoms with van der Waals surface area (Å²) < 4.78 is 0. The van der Waals surface area contributed by atoms with E-state index in [9.17, 15) is 9.59 Å². The molecule has 21 heavy (non-hydrogen) atoms. The molecule has 1 saturated heterocycles. The van der Waals surface area contributed by atoms with Crippen molar-refractivity contribution in [1.29, 1.82) is 0 Å². The van der Waals surface area contributed by atoms with Crippen molar-refractivity contribution in [3.63, 3.8) is 0 Å². The van der Waals surface area contributed by atoms with Gasteiger partial charge >= 0.3 is 6.03 Å². The second kappa shape index (κ2) is 8.42. The molecule has 0 spiro atoms. The van der Waals surface area contributed by atoms with Gasteiger partial charge in [0.2, 0.25) is 5.91 Å². The van der Waals surface area contributed by atoms with Crippen LogP contribution in [0.25, 0.3) is 0 Å². The molecular weight excluding hydrogens is 266 g/mol. The van der Waals surface area contributed by atoms with E-state index in [1.807, 2.05) is 30.3 Å². The number of carbonyl (C=O) groups excluding carboxylic acids is 2. The van der Waals surface area contributed by atoms with Crippen LogP contribution in [0.1, 0.15) is 31.2 Å². The van der Waals surface area contributed by atoms with Gasteiger partial charge in [0.05, 0.1) is 6.54 Å². The SMILES string of the molecule is O=C(CN1CCCCCC1)NC(=O)NCc1ccccc1. The average molecular weight is 289 g/mol. The summed E-state index contributed by atoms with van der Waals surface area (Å²) in [5.41, 5.74) is 1.01. The molecule has 0 bridgehead atoms. The van der Waals surface area contributed by atoms with Gasteiger partial charge in [-0.1, -0.05) is 43.2 Å². The molecule has 0 aliphatic carbocycles. The highest BCUT2D eigenvalue weighted by Crippen LogP contribution is 2.08. The number of likely N-dealkylation sites (tertiary alicyclic amines) is 1. The highest BCUT2D eigenvalue weighted by atomic mass is 16.2. The van der Waals surface area contributed by atoms with Crippen molar-refractivity contribution in [1.82, 2.24) is 15.5 Å². The van der Waals surface area contributed by atoms with Gasteiger partial charge in [-0.3, -0.25) is 15.0 Å². The second-order valence-electron chi connectivity index (χ2n) is 5.41. The number of nitrogens with one attached hydrogen (secondary N) is 2. The zero-order chi connectivity index (χ0) is 14.9. The second-order valence-corrected chi connectivity index (χ2v) is 5.41. The van der Waals surface area contributed by atoms with Crippen molar-refractivity contribution in [2.75, 3.05) is 19.6 Å². The Bertz CT molecular complexity index is 454. The topological polar surface area (TPSA) is 61.4 Å². The highest BCUT2D eigenvalue weighted by Gasteiger charge is 2.14. The Kier molecular flexibility index (Phi) is 6.22. The van der Waals surface area contributed by atoms with E-state index >= 15 is 0 Å². The number of benzene rings is 1. The largest absolute Gasteiger partial charge is 0.334 e. The van der Waals surface area contributed by atoms with E-state index in [-0.39, 0.29) is 5.91 Å². The van der Waals surface area contributed by atoms with Gasteiger partial charge in [0, 0.05) is 6.54 Å². The Morgan fingerprint density at radius 3 is 2.33 bits per heavy atom. The molecule has 2 rings (SSSR count). The van der Waals surface area contributed by atoms with Gasteiger partial charge in [-0.25, -0.2) is 4.79 Å². The third-order valence-corrected chi connectivity index (χ3v) is 3.61.